The van der Waals surface area contributed by atoms with Crippen LogP contribution in [-0.2, 0) is 0 Å². The van der Waals surface area contributed by atoms with Crippen LogP contribution in [0.1, 0.15) is 0 Å². The number of halogens is 2. The first-order valence-electron chi connectivity index (χ1n) is 9.32. The molecule has 0 aliphatic carbocycles. The second kappa shape index (κ2) is 5.47. The molecule has 0 spiro atoms. The molecule has 0 atom stereocenters. The maximum Gasteiger partial charge on any atom is 0.263 e. The summed E-state index contributed by atoms with van der Waals surface area (Å²) in [5.41, 5.74) is 3.63. The van der Waals surface area contributed by atoms with Crippen molar-refractivity contribution >= 4 is 128 Å². The van der Waals surface area contributed by atoms with Crippen LogP contribution >= 0.6 is 65.9 Å². The Morgan fingerprint density at radius 3 is 1.52 bits per heavy atom. The van der Waals surface area contributed by atoms with Crippen LogP contribution in [0.2, 0.25) is 0 Å². The van der Waals surface area contributed by atoms with E-state index >= 15 is 0 Å². The van der Waals surface area contributed by atoms with Crippen LogP contribution in [0, 0.1) is 0 Å². The number of pyridine rings is 2. The predicted octanol–water partition coefficient (Wildman–Crippen LogP) is 7.26. The van der Waals surface area contributed by atoms with E-state index in [-0.39, 0.29) is 11.1 Å². The molecule has 0 fully saturated rings. The van der Waals surface area contributed by atoms with Crippen molar-refractivity contribution in [2.75, 3.05) is 0 Å². The summed E-state index contributed by atoms with van der Waals surface area (Å²) < 4.78 is 9.93. The summed E-state index contributed by atoms with van der Waals surface area (Å²) in [7, 11) is 0. The van der Waals surface area contributed by atoms with Gasteiger partial charge < -0.3 is 0 Å². The van der Waals surface area contributed by atoms with Crippen LogP contribution in [0.5, 0.6) is 0 Å². The fraction of sp³-hybridized carbons (Fsp3) is 0. The molecule has 1 aromatic carbocycles. The molecule has 0 bridgehead atoms. The number of fused-ring (bicyclic) bond motifs is 8. The number of thiophene rings is 3. The highest BCUT2D eigenvalue weighted by atomic mass is 79.9. The lowest BCUT2D eigenvalue weighted by Crippen LogP contribution is -2.14. The molecule has 0 aliphatic heterocycles. The third kappa shape index (κ3) is 1.92. The maximum atomic E-state index is 13.5. The first kappa shape index (κ1) is 17.5. The van der Waals surface area contributed by atoms with E-state index in [2.05, 4.69) is 44.0 Å². The number of hydrogen-bond acceptors (Lipinski definition) is 5. The molecule has 148 valence electrons. The lowest BCUT2D eigenvalue weighted by Gasteiger charge is -2.05. The van der Waals surface area contributed by atoms with E-state index in [0.717, 1.165) is 59.2 Å². The van der Waals surface area contributed by atoms with E-state index in [0.29, 0.717) is 10.8 Å². The molecular weight excluding hydrogens is 580 g/mol. The summed E-state index contributed by atoms with van der Waals surface area (Å²) in [5.74, 6) is 0. The first-order valence-corrected chi connectivity index (χ1v) is 13.4. The number of benzene rings is 1. The van der Waals surface area contributed by atoms with E-state index in [4.69, 9.17) is 0 Å². The molecule has 0 amide bonds. The Morgan fingerprint density at radius 2 is 1.06 bits per heavy atom. The van der Waals surface area contributed by atoms with Crippen molar-refractivity contribution in [3.63, 3.8) is 0 Å². The fourth-order valence-electron chi connectivity index (χ4n) is 4.93. The Labute approximate surface area is 200 Å². The summed E-state index contributed by atoms with van der Waals surface area (Å²) in [5, 5.41) is 3.18. The normalized spacial score (nSPS) is 13.1. The zero-order chi connectivity index (χ0) is 20.8. The molecule has 0 unspecified atom stereocenters. The van der Waals surface area contributed by atoms with Gasteiger partial charge in [0.2, 0.25) is 0 Å². The Morgan fingerprint density at radius 1 is 0.613 bits per heavy atom. The molecule has 0 N–H and O–H groups in total. The topological polar surface area (TPSA) is 43.0 Å². The second-order valence-electron chi connectivity index (χ2n) is 7.61. The van der Waals surface area contributed by atoms with Crippen LogP contribution in [0.4, 0.5) is 0 Å². The van der Waals surface area contributed by atoms with Gasteiger partial charge in [-0.05, 0) is 68.3 Å². The van der Waals surface area contributed by atoms with Gasteiger partial charge in [-0.1, -0.05) is 0 Å². The highest BCUT2D eigenvalue weighted by Gasteiger charge is 2.24. The number of rotatable bonds is 0. The van der Waals surface area contributed by atoms with Gasteiger partial charge in [-0.15, -0.1) is 34.0 Å². The molecule has 4 nitrogen and oxygen atoms in total. The standard InChI is InChI=1S/C22H6Br2N2O2S3/c23-15-5-9-13(29-15)3-11-19-17-7(21(27)25(9)11)1-2-8-18(17)20(31-19)12-4-14-10(6-16(24)30-14)26(12)22(8)28/h1-6H. The third-order valence-corrected chi connectivity index (χ3v) is 10.5. The molecule has 7 aromatic heterocycles. The molecule has 9 heteroatoms. The average molecular weight is 586 g/mol. The molecule has 0 aliphatic rings. The molecule has 8 rings (SSSR count). The van der Waals surface area contributed by atoms with Gasteiger partial charge in [-0.3, -0.25) is 18.4 Å². The minimum atomic E-state index is -0.0305. The van der Waals surface area contributed by atoms with Crippen LogP contribution in [0.3, 0.4) is 0 Å². The molecule has 7 heterocycles. The van der Waals surface area contributed by atoms with Gasteiger partial charge in [0.25, 0.3) is 11.1 Å². The van der Waals surface area contributed by atoms with Crippen molar-refractivity contribution in [2.45, 2.75) is 0 Å². The van der Waals surface area contributed by atoms with E-state index < -0.39 is 0 Å². The second-order valence-corrected chi connectivity index (χ2v) is 13.6. The number of hydrogen-bond donors (Lipinski definition) is 0. The molecular formula is C22H6Br2N2O2S3. The van der Waals surface area contributed by atoms with Crippen molar-refractivity contribution in [3.05, 3.63) is 64.7 Å². The van der Waals surface area contributed by atoms with Gasteiger partial charge in [0.1, 0.15) is 0 Å². The highest BCUT2D eigenvalue weighted by molar-refractivity contribution is 9.11. The Balaban J connectivity index is 1.74. The minimum absolute atomic E-state index is 0.0305. The zero-order valence-electron chi connectivity index (χ0n) is 15.2. The van der Waals surface area contributed by atoms with Crippen LogP contribution in [0.25, 0.3) is 62.4 Å². The highest BCUT2D eigenvalue weighted by Crippen LogP contribution is 2.45. The zero-order valence-corrected chi connectivity index (χ0v) is 20.8. The van der Waals surface area contributed by atoms with Crippen LogP contribution in [-0.4, -0.2) is 8.80 Å². The van der Waals surface area contributed by atoms with Crippen molar-refractivity contribution in [2.24, 2.45) is 0 Å². The summed E-state index contributed by atoms with van der Waals surface area (Å²) in [6, 6.07) is 11.9. The predicted molar refractivity (Wildman–Crippen MR) is 140 cm³/mol. The van der Waals surface area contributed by atoms with E-state index in [1.807, 2.05) is 33.1 Å². The Kier molecular flexibility index (Phi) is 3.09. The van der Waals surface area contributed by atoms with Crippen LogP contribution in [0.15, 0.2) is 53.6 Å². The van der Waals surface area contributed by atoms with Gasteiger partial charge in [-0.2, -0.15) is 0 Å². The Hall–Kier alpha value is -2.04. The van der Waals surface area contributed by atoms with Crippen molar-refractivity contribution in [3.8, 4) is 0 Å². The average Bonchev–Trinajstić information content (AvgIpc) is 3.49. The third-order valence-electron chi connectivity index (χ3n) is 6.12. The van der Waals surface area contributed by atoms with Gasteiger partial charge in [0.05, 0.1) is 48.4 Å². The van der Waals surface area contributed by atoms with E-state index in [1.54, 1.807) is 34.0 Å². The maximum absolute atomic E-state index is 13.5. The van der Waals surface area contributed by atoms with Gasteiger partial charge in [0.15, 0.2) is 0 Å². The summed E-state index contributed by atoms with van der Waals surface area (Å²) >= 11 is 12.0. The fourth-order valence-corrected chi connectivity index (χ4v) is 9.37. The quantitative estimate of drug-likeness (QED) is 0.176. The largest absolute Gasteiger partial charge is 0.274 e. The molecule has 31 heavy (non-hydrogen) atoms. The monoisotopic (exact) mass is 584 g/mol. The first-order chi connectivity index (χ1) is 15.0. The van der Waals surface area contributed by atoms with Crippen molar-refractivity contribution < 1.29 is 0 Å². The summed E-state index contributed by atoms with van der Waals surface area (Å²) in [6.45, 7) is 0. The smallest absolute Gasteiger partial charge is 0.263 e. The SMILES string of the molecule is O=c1c2ccc3c(=O)n4c5cc(Br)sc5cc4c4sc(c2c34)c2cc3sc(Br)cc3n12. The minimum Gasteiger partial charge on any atom is -0.274 e. The summed E-state index contributed by atoms with van der Waals surface area (Å²) in [6.07, 6.45) is 0. The number of nitrogens with zero attached hydrogens (tertiary/aromatic N) is 2. The van der Waals surface area contributed by atoms with Gasteiger partial charge >= 0.3 is 0 Å². The van der Waals surface area contributed by atoms with Gasteiger partial charge in [-0.25, -0.2) is 0 Å². The molecule has 0 saturated carbocycles. The van der Waals surface area contributed by atoms with Crippen molar-refractivity contribution in [1.82, 2.24) is 8.80 Å². The molecule has 0 radical (unpaired) electrons. The molecule has 8 aromatic rings. The lowest BCUT2D eigenvalue weighted by atomic mass is 10.0. The summed E-state index contributed by atoms with van der Waals surface area (Å²) in [4.78, 5) is 27.1. The molecule has 0 saturated heterocycles. The van der Waals surface area contributed by atoms with Gasteiger partial charge in [0, 0.05) is 21.5 Å². The Bertz CT molecular complexity index is 2020. The lowest BCUT2D eigenvalue weighted by molar-refractivity contribution is 1.21. The van der Waals surface area contributed by atoms with Crippen molar-refractivity contribution in [1.29, 1.82) is 0 Å². The van der Waals surface area contributed by atoms with E-state index in [1.165, 1.54) is 0 Å². The number of aromatic nitrogens is 2. The van der Waals surface area contributed by atoms with E-state index in [9.17, 15) is 9.59 Å². The van der Waals surface area contributed by atoms with Crippen LogP contribution < -0.4 is 11.1 Å².